The predicted molar refractivity (Wildman–Crippen MR) is 133 cm³/mol. The summed E-state index contributed by atoms with van der Waals surface area (Å²) in [5.74, 6) is -1.20. The van der Waals surface area contributed by atoms with E-state index in [-0.39, 0.29) is 30.1 Å². The average Bonchev–Trinajstić information content (AvgIpc) is 3.32. The highest BCUT2D eigenvalue weighted by atomic mass is 35.5. The summed E-state index contributed by atoms with van der Waals surface area (Å²) in [6.07, 6.45) is 4.91. The number of aliphatic hydroxyl groups is 1. The van der Waals surface area contributed by atoms with Crippen molar-refractivity contribution in [2.45, 2.75) is 44.0 Å². The zero-order chi connectivity index (χ0) is 24.9. The molecule has 7 nitrogen and oxygen atoms in total. The van der Waals surface area contributed by atoms with Crippen molar-refractivity contribution >= 4 is 23.5 Å². The van der Waals surface area contributed by atoms with Crippen LogP contribution in [0, 0.1) is 0 Å². The number of aromatic nitrogens is 1. The Morgan fingerprint density at radius 3 is 2.46 bits per heavy atom. The number of nitrogens with one attached hydrogen (secondary N) is 1. The predicted octanol–water partition coefficient (Wildman–Crippen LogP) is 4.10. The van der Waals surface area contributed by atoms with E-state index in [0.717, 1.165) is 30.4 Å². The van der Waals surface area contributed by atoms with Crippen LogP contribution in [-0.2, 0) is 13.0 Å². The van der Waals surface area contributed by atoms with Gasteiger partial charge in [-0.05, 0) is 66.3 Å². The molecule has 1 aromatic heterocycles. The van der Waals surface area contributed by atoms with Crippen LogP contribution < -0.4 is 5.32 Å². The van der Waals surface area contributed by atoms with Crippen LogP contribution in [0.3, 0.4) is 0 Å². The Bertz CT molecular complexity index is 1180. The molecule has 182 valence electrons. The number of halogens is 1. The van der Waals surface area contributed by atoms with Crippen molar-refractivity contribution in [3.05, 3.63) is 99.8 Å². The van der Waals surface area contributed by atoms with Gasteiger partial charge in [-0.25, -0.2) is 4.79 Å². The summed E-state index contributed by atoms with van der Waals surface area (Å²) in [7, 11) is 1.68. The number of hydrogen-bond acceptors (Lipinski definition) is 5. The number of carbonyl (C=O) groups excluding carboxylic acids is 1. The molecule has 2 aromatic carbocycles. The van der Waals surface area contributed by atoms with E-state index in [4.69, 9.17) is 16.7 Å². The highest BCUT2D eigenvalue weighted by Gasteiger charge is 2.30. The van der Waals surface area contributed by atoms with Gasteiger partial charge >= 0.3 is 5.97 Å². The van der Waals surface area contributed by atoms with E-state index >= 15 is 0 Å². The third kappa shape index (κ3) is 6.25. The second-order valence-corrected chi connectivity index (χ2v) is 9.43. The Morgan fingerprint density at radius 1 is 1.06 bits per heavy atom. The van der Waals surface area contributed by atoms with Gasteiger partial charge in [0.15, 0.2) is 0 Å². The van der Waals surface area contributed by atoms with Crippen LogP contribution in [0.2, 0.25) is 5.02 Å². The van der Waals surface area contributed by atoms with Crippen LogP contribution >= 0.6 is 11.6 Å². The van der Waals surface area contributed by atoms with Crippen LogP contribution in [0.1, 0.15) is 56.4 Å². The number of aromatic carboxylic acids is 1. The van der Waals surface area contributed by atoms with Crippen LogP contribution in [0.25, 0.3) is 0 Å². The molecule has 8 heteroatoms. The smallest absolute Gasteiger partial charge is 0.337 e. The highest BCUT2D eigenvalue weighted by Crippen LogP contribution is 2.27. The number of pyridine rings is 1. The van der Waals surface area contributed by atoms with Gasteiger partial charge in [0, 0.05) is 48.7 Å². The van der Waals surface area contributed by atoms with Crippen molar-refractivity contribution in [2.75, 3.05) is 7.05 Å². The van der Waals surface area contributed by atoms with Crippen LogP contribution in [-0.4, -0.2) is 51.1 Å². The van der Waals surface area contributed by atoms with Gasteiger partial charge in [-0.1, -0.05) is 35.9 Å². The molecule has 0 aliphatic carbocycles. The zero-order valence-corrected chi connectivity index (χ0v) is 20.2. The molecule has 4 rings (SSSR count). The van der Waals surface area contributed by atoms with E-state index in [1.54, 1.807) is 30.3 Å². The zero-order valence-electron chi connectivity index (χ0n) is 19.4. The lowest BCUT2D eigenvalue weighted by atomic mass is 10.0. The number of carboxylic acid groups (broad SMARTS) is 1. The van der Waals surface area contributed by atoms with Crippen molar-refractivity contribution in [1.82, 2.24) is 15.2 Å². The highest BCUT2D eigenvalue weighted by molar-refractivity contribution is 6.30. The first kappa shape index (κ1) is 24.9. The minimum Gasteiger partial charge on any atom is -0.478 e. The summed E-state index contributed by atoms with van der Waals surface area (Å²) in [5.41, 5.74) is 3.27. The standard InChI is InChI=1S/C27H28ClN3O4/c1-31(16-18-12-21(27(34)35)15-29-14-18)26(33)20-4-2-17(3-5-20)13-23-10-11-24(30-23)25(32)19-6-8-22(28)9-7-19/h2-9,12,14-15,23-25,30,32H,10-11,13,16H2,1H3,(H,34,35)/t23-,24+,25?/m0/s1. The SMILES string of the molecule is CN(Cc1cncc(C(=O)O)c1)C(=O)c1ccc(C[C@@H]2CC[C@H](C(O)c3ccc(Cl)cc3)N2)cc1. The van der Waals surface area contributed by atoms with E-state index < -0.39 is 12.1 Å². The topological polar surface area (TPSA) is 103 Å². The van der Waals surface area contributed by atoms with Gasteiger partial charge in [0.1, 0.15) is 0 Å². The van der Waals surface area contributed by atoms with Gasteiger partial charge in [-0.15, -0.1) is 0 Å². The average molecular weight is 494 g/mol. The lowest BCUT2D eigenvalue weighted by molar-refractivity contribution is 0.0696. The Morgan fingerprint density at radius 2 is 1.77 bits per heavy atom. The Kier molecular flexibility index (Phi) is 7.80. The van der Waals surface area contributed by atoms with Gasteiger partial charge in [0.05, 0.1) is 11.7 Å². The number of hydrogen-bond donors (Lipinski definition) is 3. The molecule has 0 spiro atoms. The Balaban J connectivity index is 1.31. The molecule has 1 amide bonds. The van der Waals surface area contributed by atoms with Gasteiger partial charge in [0.2, 0.25) is 0 Å². The van der Waals surface area contributed by atoms with Crippen molar-refractivity contribution in [3.8, 4) is 0 Å². The van der Waals surface area contributed by atoms with Gasteiger partial charge < -0.3 is 20.4 Å². The van der Waals surface area contributed by atoms with E-state index in [0.29, 0.717) is 16.1 Å². The number of aliphatic hydroxyl groups excluding tert-OH is 1. The second-order valence-electron chi connectivity index (χ2n) is 8.99. The lowest BCUT2D eigenvalue weighted by Gasteiger charge is -2.21. The minimum absolute atomic E-state index is 0.00945. The Labute approximate surface area is 209 Å². The summed E-state index contributed by atoms with van der Waals surface area (Å²) >= 11 is 5.95. The minimum atomic E-state index is -1.05. The molecule has 0 radical (unpaired) electrons. The van der Waals surface area contributed by atoms with Crippen LogP contribution in [0.15, 0.2) is 67.0 Å². The summed E-state index contributed by atoms with van der Waals surface area (Å²) in [6.45, 7) is 0.262. The fourth-order valence-corrected chi connectivity index (χ4v) is 4.60. The third-order valence-electron chi connectivity index (χ3n) is 6.36. The quantitative estimate of drug-likeness (QED) is 0.436. The van der Waals surface area contributed by atoms with E-state index in [1.165, 1.54) is 12.3 Å². The maximum absolute atomic E-state index is 12.8. The van der Waals surface area contributed by atoms with Crippen LogP contribution in [0.4, 0.5) is 0 Å². The first-order valence-electron chi connectivity index (χ1n) is 11.5. The molecule has 3 N–H and O–H groups in total. The largest absolute Gasteiger partial charge is 0.478 e. The molecule has 3 aromatic rings. The van der Waals surface area contributed by atoms with Gasteiger partial charge in [-0.3, -0.25) is 9.78 Å². The fourth-order valence-electron chi connectivity index (χ4n) is 4.48. The third-order valence-corrected chi connectivity index (χ3v) is 6.61. The van der Waals surface area contributed by atoms with Crippen molar-refractivity contribution in [2.24, 2.45) is 0 Å². The summed E-state index contributed by atoms with van der Waals surface area (Å²) in [6, 6.07) is 16.6. The first-order chi connectivity index (χ1) is 16.8. The van der Waals surface area contributed by atoms with Gasteiger partial charge in [0.25, 0.3) is 5.91 Å². The molecule has 1 aliphatic heterocycles. The molecule has 3 atom stereocenters. The fraction of sp³-hybridized carbons (Fsp3) is 0.296. The van der Waals surface area contributed by atoms with E-state index in [2.05, 4.69) is 10.3 Å². The lowest BCUT2D eigenvalue weighted by Crippen LogP contribution is -2.35. The molecule has 0 saturated carbocycles. The van der Waals surface area contributed by atoms with Crippen LogP contribution in [0.5, 0.6) is 0 Å². The normalized spacial score (nSPS) is 18.3. The van der Waals surface area contributed by atoms with Gasteiger partial charge in [-0.2, -0.15) is 0 Å². The molecule has 1 fully saturated rings. The number of rotatable bonds is 8. The van der Waals surface area contributed by atoms with E-state index in [1.807, 2.05) is 36.4 Å². The monoisotopic (exact) mass is 493 g/mol. The molecule has 35 heavy (non-hydrogen) atoms. The first-order valence-corrected chi connectivity index (χ1v) is 11.9. The maximum Gasteiger partial charge on any atom is 0.337 e. The molecular weight excluding hydrogens is 466 g/mol. The molecule has 1 saturated heterocycles. The molecule has 2 heterocycles. The summed E-state index contributed by atoms with van der Waals surface area (Å²) in [5, 5.41) is 24.0. The molecule has 1 aliphatic rings. The number of benzene rings is 2. The summed E-state index contributed by atoms with van der Waals surface area (Å²) < 4.78 is 0. The molecule has 1 unspecified atom stereocenters. The number of nitrogens with zero attached hydrogens (tertiary/aromatic N) is 2. The van der Waals surface area contributed by atoms with Crippen molar-refractivity contribution < 1.29 is 19.8 Å². The van der Waals surface area contributed by atoms with E-state index in [9.17, 15) is 14.7 Å². The summed E-state index contributed by atoms with van der Waals surface area (Å²) in [4.78, 5) is 29.5. The second kappa shape index (κ2) is 11.0. The maximum atomic E-state index is 12.8. The van der Waals surface area contributed by atoms with Crippen molar-refractivity contribution in [1.29, 1.82) is 0 Å². The van der Waals surface area contributed by atoms with Crippen molar-refractivity contribution in [3.63, 3.8) is 0 Å². The number of carboxylic acids is 1. The number of carbonyl (C=O) groups is 2. The molecule has 0 bridgehead atoms. The molecular formula is C27H28ClN3O4. The number of amides is 1. The Hall–Kier alpha value is -3.26.